The number of carbonyl (C=O) groups is 1. The maximum atomic E-state index is 10.9. The predicted molar refractivity (Wildman–Crippen MR) is 121 cm³/mol. The van der Waals surface area contributed by atoms with Crippen molar-refractivity contribution in [1.82, 2.24) is 0 Å². The van der Waals surface area contributed by atoms with Gasteiger partial charge in [0.25, 0.3) is 0 Å². The van der Waals surface area contributed by atoms with Crippen molar-refractivity contribution in [3.05, 3.63) is 89.5 Å². The molecule has 5 heteroatoms. The molecule has 1 saturated heterocycles. The van der Waals surface area contributed by atoms with E-state index in [-0.39, 0.29) is 6.61 Å². The van der Waals surface area contributed by atoms with Gasteiger partial charge in [0, 0.05) is 0 Å². The third kappa shape index (κ3) is 4.54. The maximum absolute atomic E-state index is 10.9. The lowest BCUT2D eigenvalue weighted by Crippen LogP contribution is -2.49. The maximum Gasteiger partial charge on any atom is 0.329 e. The van der Waals surface area contributed by atoms with Crippen molar-refractivity contribution in [2.75, 3.05) is 19.8 Å². The Bertz CT molecular complexity index is 1080. The molecule has 1 aliphatic carbocycles. The molecule has 5 nitrogen and oxygen atoms in total. The summed E-state index contributed by atoms with van der Waals surface area (Å²) in [5.41, 5.74) is 5.17. The van der Waals surface area contributed by atoms with Gasteiger partial charge in [0.2, 0.25) is 0 Å². The van der Waals surface area contributed by atoms with Crippen molar-refractivity contribution < 1.29 is 24.1 Å². The van der Waals surface area contributed by atoms with Crippen molar-refractivity contribution in [2.24, 2.45) is 0 Å². The number of carboxylic acid groups (broad SMARTS) is 1. The Balaban J connectivity index is 1.22. The summed E-state index contributed by atoms with van der Waals surface area (Å²) in [6.45, 7) is 0.836. The van der Waals surface area contributed by atoms with Crippen molar-refractivity contribution in [3.63, 3.8) is 0 Å². The molecule has 1 aliphatic heterocycles. The fourth-order valence-corrected chi connectivity index (χ4v) is 4.05. The van der Waals surface area contributed by atoms with Crippen LogP contribution in [0, 0.1) is 0 Å². The van der Waals surface area contributed by atoms with Crippen LogP contribution in [0.25, 0.3) is 11.1 Å². The Morgan fingerprint density at radius 2 is 1.72 bits per heavy atom. The molecule has 5 rings (SSSR count). The zero-order valence-electron chi connectivity index (χ0n) is 17.8. The molecular weight excluding hydrogens is 404 g/mol. The van der Waals surface area contributed by atoms with E-state index in [0.29, 0.717) is 19.8 Å². The second-order valence-corrected chi connectivity index (χ2v) is 8.58. The van der Waals surface area contributed by atoms with Gasteiger partial charge in [-0.05, 0) is 64.8 Å². The van der Waals surface area contributed by atoms with E-state index in [4.69, 9.17) is 19.3 Å². The quantitative estimate of drug-likeness (QED) is 0.509. The lowest BCUT2D eigenvalue weighted by Gasteiger charge is -2.41. The first-order valence-electron chi connectivity index (χ1n) is 11.0. The van der Waals surface area contributed by atoms with E-state index in [1.165, 1.54) is 29.5 Å². The fraction of sp³-hybridized carbons (Fsp3) is 0.296. The molecule has 2 fully saturated rings. The van der Waals surface area contributed by atoms with Crippen LogP contribution in [0.5, 0.6) is 5.75 Å². The predicted octanol–water partition coefficient (Wildman–Crippen LogP) is 5.14. The van der Waals surface area contributed by atoms with Gasteiger partial charge in [-0.2, -0.15) is 0 Å². The Labute approximate surface area is 187 Å². The highest BCUT2D eigenvalue weighted by atomic mass is 16.6. The number of carboxylic acids is 1. The zero-order valence-corrected chi connectivity index (χ0v) is 17.8. The summed E-state index contributed by atoms with van der Waals surface area (Å²) in [4.78, 5) is 10.9. The van der Waals surface area contributed by atoms with E-state index < -0.39 is 11.6 Å². The lowest BCUT2D eigenvalue weighted by atomic mass is 9.91. The fourth-order valence-electron chi connectivity index (χ4n) is 4.05. The Hall–Kier alpha value is -3.15. The van der Waals surface area contributed by atoms with Gasteiger partial charge in [0.15, 0.2) is 0 Å². The monoisotopic (exact) mass is 430 g/mol. The van der Waals surface area contributed by atoms with E-state index in [1.807, 2.05) is 24.3 Å². The molecule has 0 unspecified atom stereocenters. The van der Waals surface area contributed by atoms with E-state index >= 15 is 0 Å². The van der Waals surface area contributed by atoms with Gasteiger partial charge in [-0.3, -0.25) is 0 Å². The van der Waals surface area contributed by atoms with Gasteiger partial charge in [0.05, 0.1) is 13.2 Å². The Kier molecular flexibility index (Phi) is 5.68. The topological polar surface area (TPSA) is 65.0 Å². The number of rotatable bonds is 9. The van der Waals surface area contributed by atoms with Crippen LogP contribution in [0.2, 0.25) is 0 Å². The minimum atomic E-state index is -0.989. The number of hydrogen-bond donors (Lipinski definition) is 1. The number of benzene rings is 3. The van der Waals surface area contributed by atoms with E-state index in [1.54, 1.807) is 0 Å². The molecule has 1 saturated carbocycles. The molecule has 0 spiro atoms. The van der Waals surface area contributed by atoms with Gasteiger partial charge < -0.3 is 19.3 Å². The standard InChI is InChI=1S/C27H26O5/c28-26(29)16-32-27(17-30-18-27)24-10-12-25(13-11-24)31-15-19-2-1-3-23(14-19)22-8-6-21(7-9-22)20-4-5-20/h1-3,6-14,20H,4-5,15-18H2,(H,28,29). The summed E-state index contributed by atoms with van der Waals surface area (Å²) in [5, 5.41) is 8.91. The molecule has 1 heterocycles. The average Bonchev–Trinajstić information content (AvgIpc) is 3.63. The highest BCUT2D eigenvalue weighted by molar-refractivity contribution is 5.68. The van der Waals surface area contributed by atoms with E-state index in [9.17, 15) is 4.79 Å². The molecule has 164 valence electrons. The summed E-state index contributed by atoms with van der Waals surface area (Å²) in [6.07, 6.45) is 2.63. The smallest absolute Gasteiger partial charge is 0.329 e. The van der Waals surface area contributed by atoms with Crippen molar-refractivity contribution in [1.29, 1.82) is 0 Å². The molecule has 0 amide bonds. The highest BCUT2D eigenvalue weighted by Gasteiger charge is 2.42. The molecular formula is C27H26O5. The average molecular weight is 431 g/mol. The van der Waals surface area contributed by atoms with Crippen LogP contribution in [0.4, 0.5) is 0 Å². The molecule has 0 radical (unpaired) electrons. The van der Waals surface area contributed by atoms with Gasteiger partial charge in [-0.25, -0.2) is 4.79 Å². The van der Waals surface area contributed by atoms with Crippen LogP contribution < -0.4 is 4.74 Å². The summed E-state index contributed by atoms with van der Waals surface area (Å²) in [6, 6.07) is 24.9. The van der Waals surface area contributed by atoms with Crippen LogP contribution in [-0.4, -0.2) is 30.9 Å². The lowest BCUT2D eigenvalue weighted by molar-refractivity contribution is -0.220. The van der Waals surface area contributed by atoms with Gasteiger partial charge in [-0.1, -0.05) is 54.6 Å². The van der Waals surface area contributed by atoms with Crippen molar-refractivity contribution in [3.8, 4) is 16.9 Å². The summed E-state index contributed by atoms with van der Waals surface area (Å²) in [5.74, 6) is 0.532. The second-order valence-electron chi connectivity index (χ2n) is 8.58. The Morgan fingerprint density at radius 1 is 0.969 bits per heavy atom. The van der Waals surface area contributed by atoms with Crippen molar-refractivity contribution in [2.45, 2.75) is 31.0 Å². The zero-order chi connectivity index (χ0) is 22.0. The molecule has 2 aliphatic rings. The minimum Gasteiger partial charge on any atom is -0.489 e. The minimum absolute atomic E-state index is 0.346. The van der Waals surface area contributed by atoms with E-state index in [2.05, 4.69) is 48.5 Å². The number of aliphatic carboxylic acids is 1. The number of hydrogen-bond acceptors (Lipinski definition) is 4. The molecule has 1 N–H and O–H groups in total. The molecule has 3 aromatic rings. The van der Waals surface area contributed by atoms with Gasteiger partial charge in [-0.15, -0.1) is 0 Å². The van der Waals surface area contributed by atoms with Gasteiger partial charge >= 0.3 is 5.97 Å². The Morgan fingerprint density at radius 3 is 2.34 bits per heavy atom. The first kappa shape index (κ1) is 20.7. The van der Waals surface area contributed by atoms with Gasteiger partial charge in [0.1, 0.15) is 24.6 Å². The van der Waals surface area contributed by atoms with Crippen LogP contribution >= 0.6 is 0 Å². The van der Waals surface area contributed by atoms with E-state index in [0.717, 1.165) is 22.8 Å². The molecule has 0 bridgehead atoms. The molecule has 0 atom stereocenters. The van der Waals surface area contributed by atoms with Crippen LogP contribution in [0.1, 0.15) is 35.4 Å². The number of ether oxygens (including phenoxy) is 3. The SMILES string of the molecule is O=C(O)COC1(c2ccc(OCc3cccc(-c4ccc(C5CC5)cc4)c3)cc2)COC1. The summed E-state index contributed by atoms with van der Waals surface area (Å²) < 4.78 is 16.9. The molecule has 32 heavy (non-hydrogen) atoms. The second kappa shape index (κ2) is 8.77. The van der Waals surface area contributed by atoms with Crippen LogP contribution in [0.15, 0.2) is 72.8 Å². The highest BCUT2D eigenvalue weighted by Crippen LogP contribution is 2.40. The normalized spacial score (nSPS) is 16.9. The van der Waals surface area contributed by atoms with Crippen molar-refractivity contribution >= 4 is 5.97 Å². The largest absolute Gasteiger partial charge is 0.489 e. The van der Waals surface area contributed by atoms with Crippen LogP contribution in [-0.2, 0) is 26.5 Å². The first-order valence-corrected chi connectivity index (χ1v) is 11.0. The molecule has 3 aromatic carbocycles. The third-order valence-electron chi connectivity index (χ3n) is 6.15. The first-order chi connectivity index (χ1) is 15.6. The molecule has 0 aromatic heterocycles. The third-order valence-corrected chi connectivity index (χ3v) is 6.15. The summed E-state index contributed by atoms with van der Waals surface area (Å²) in [7, 11) is 0. The summed E-state index contributed by atoms with van der Waals surface area (Å²) >= 11 is 0. The van der Waals surface area contributed by atoms with Crippen LogP contribution in [0.3, 0.4) is 0 Å².